The smallest absolute Gasteiger partial charge is 0.0460 e. The number of hydrogen-bond acceptors (Lipinski definition) is 2. The molecule has 2 aromatic rings. The lowest BCUT2D eigenvalue weighted by Crippen LogP contribution is -1.92. The molecule has 0 N–H and O–H groups in total. The van der Waals surface area contributed by atoms with Gasteiger partial charge in [-0.1, -0.05) is 72.9 Å². The van der Waals surface area contributed by atoms with Gasteiger partial charge in [-0.25, -0.2) is 0 Å². The zero-order chi connectivity index (χ0) is 12.1. The molecule has 0 nitrogen and oxygen atoms in total. The predicted molar refractivity (Wildman–Crippen MR) is 81.5 cm³/mol. The molecule has 0 fully saturated rings. The Morgan fingerprint density at radius 1 is 0.824 bits per heavy atom. The van der Waals surface area contributed by atoms with Gasteiger partial charge in [-0.2, -0.15) is 0 Å². The lowest BCUT2D eigenvalue weighted by atomic mass is 10.1. The van der Waals surface area contributed by atoms with Crippen LogP contribution in [0.1, 0.15) is 11.1 Å². The van der Waals surface area contributed by atoms with E-state index in [9.17, 15) is 0 Å². The van der Waals surface area contributed by atoms with Gasteiger partial charge >= 0.3 is 0 Å². The number of hydrogen-bond donors (Lipinski definition) is 1. The fraction of sp³-hybridized carbons (Fsp3) is 0. The van der Waals surface area contributed by atoms with Gasteiger partial charge < -0.3 is 0 Å². The van der Waals surface area contributed by atoms with Crippen LogP contribution in [0.2, 0.25) is 0 Å². The molecule has 0 aromatic heterocycles. The van der Waals surface area contributed by atoms with Crippen molar-refractivity contribution in [3.05, 3.63) is 77.9 Å². The van der Waals surface area contributed by atoms with E-state index >= 15 is 0 Å². The Hall–Kier alpha value is -1.38. The minimum atomic E-state index is 0.805. The first-order valence-corrected chi connectivity index (χ1v) is 6.18. The molecular formula is C15H12S2. The van der Waals surface area contributed by atoms with Crippen LogP contribution < -0.4 is 0 Å². The van der Waals surface area contributed by atoms with Crippen molar-refractivity contribution >= 4 is 34.6 Å². The van der Waals surface area contributed by atoms with E-state index in [0.29, 0.717) is 0 Å². The van der Waals surface area contributed by atoms with E-state index in [0.717, 1.165) is 20.9 Å². The summed E-state index contributed by atoms with van der Waals surface area (Å²) < 4.78 is 0. The van der Waals surface area contributed by atoms with Crippen LogP contribution in [-0.2, 0) is 0 Å². The molecule has 2 heteroatoms. The first-order valence-electron chi connectivity index (χ1n) is 5.33. The third-order valence-electron chi connectivity index (χ3n) is 2.40. The molecule has 0 aliphatic heterocycles. The zero-order valence-electron chi connectivity index (χ0n) is 9.21. The topological polar surface area (TPSA) is 0 Å². The summed E-state index contributed by atoms with van der Waals surface area (Å²) in [6, 6.07) is 20.0. The van der Waals surface area contributed by atoms with E-state index in [1.54, 1.807) is 0 Å². The SMILES string of the molecule is S=C(/C=C(\S)c1ccccc1)c1ccccc1. The molecule has 0 aliphatic carbocycles. The van der Waals surface area contributed by atoms with Gasteiger partial charge in [-0.05, 0) is 17.2 Å². The van der Waals surface area contributed by atoms with Gasteiger partial charge in [0.05, 0.1) is 0 Å². The molecule has 2 aromatic carbocycles. The average Bonchev–Trinajstić information content (AvgIpc) is 2.40. The second-order valence-electron chi connectivity index (χ2n) is 3.63. The minimum absolute atomic E-state index is 0.805. The summed E-state index contributed by atoms with van der Waals surface area (Å²) in [7, 11) is 0. The average molecular weight is 256 g/mol. The molecule has 0 saturated heterocycles. The van der Waals surface area contributed by atoms with Crippen LogP contribution in [0.5, 0.6) is 0 Å². The summed E-state index contributed by atoms with van der Waals surface area (Å²) in [5.74, 6) is 0. The van der Waals surface area contributed by atoms with Gasteiger partial charge in [-0.15, -0.1) is 12.6 Å². The van der Waals surface area contributed by atoms with E-state index in [-0.39, 0.29) is 0 Å². The molecule has 0 aliphatic rings. The van der Waals surface area contributed by atoms with Crippen molar-refractivity contribution in [2.45, 2.75) is 0 Å². The molecule has 84 valence electrons. The maximum Gasteiger partial charge on any atom is 0.0460 e. The summed E-state index contributed by atoms with van der Waals surface area (Å²) in [6.07, 6.45) is 1.92. The van der Waals surface area contributed by atoms with Crippen molar-refractivity contribution in [2.75, 3.05) is 0 Å². The maximum atomic E-state index is 5.37. The number of rotatable bonds is 3. The number of allylic oxidation sites excluding steroid dienone is 1. The fourth-order valence-electron chi connectivity index (χ4n) is 1.50. The third kappa shape index (κ3) is 3.29. The highest BCUT2D eigenvalue weighted by Gasteiger charge is 2.00. The lowest BCUT2D eigenvalue weighted by Gasteiger charge is -2.02. The maximum absolute atomic E-state index is 5.37. The minimum Gasteiger partial charge on any atom is -0.143 e. The molecule has 0 atom stereocenters. The van der Waals surface area contributed by atoms with Crippen LogP contribution in [0.15, 0.2) is 66.7 Å². The van der Waals surface area contributed by atoms with Crippen LogP contribution in [0.3, 0.4) is 0 Å². The van der Waals surface area contributed by atoms with Gasteiger partial charge in [0, 0.05) is 9.77 Å². The second-order valence-corrected chi connectivity index (χ2v) is 4.55. The van der Waals surface area contributed by atoms with Crippen molar-refractivity contribution in [3.63, 3.8) is 0 Å². The number of thiocarbonyl (C=S) groups is 1. The van der Waals surface area contributed by atoms with Crippen molar-refractivity contribution in [1.29, 1.82) is 0 Å². The molecule has 0 amide bonds. The molecule has 0 spiro atoms. The Kier molecular flexibility index (Phi) is 4.13. The van der Waals surface area contributed by atoms with Crippen LogP contribution in [0.4, 0.5) is 0 Å². The molecule has 0 heterocycles. The van der Waals surface area contributed by atoms with Crippen LogP contribution in [-0.4, -0.2) is 4.86 Å². The first kappa shape index (κ1) is 12.1. The van der Waals surface area contributed by atoms with E-state index in [2.05, 4.69) is 12.6 Å². The van der Waals surface area contributed by atoms with Crippen LogP contribution in [0, 0.1) is 0 Å². The Morgan fingerprint density at radius 2 is 1.29 bits per heavy atom. The van der Waals surface area contributed by atoms with E-state index in [4.69, 9.17) is 12.2 Å². The fourth-order valence-corrected chi connectivity index (χ4v) is 2.12. The highest BCUT2D eigenvalue weighted by Crippen LogP contribution is 2.19. The molecule has 17 heavy (non-hydrogen) atoms. The second kappa shape index (κ2) is 5.80. The monoisotopic (exact) mass is 256 g/mol. The molecular weight excluding hydrogens is 244 g/mol. The Labute approximate surface area is 112 Å². The molecule has 0 radical (unpaired) electrons. The van der Waals surface area contributed by atoms with Gasteiger partial charge in [0.1, 0.15) is 0 Å². The van der Waals surface area contributed by atoms with E-state index in [1.807, 2.05) is 66.7 Å². The summed E-state index contributed by atoms with van der Waals surface area (Å²) in [4.78, 5) is 1.69. The normalized spacial score (nSPS) is 11.2. The van der Waals surface area contributed by atoms with Gasteiger partial charge in [0.25, 0.3) is 0 Å². The quantitative estimate of drug-likeness (QED) is 0.368. The van der Waals surface area contributed by atoms with Gasteiger partial charge in [0.2, 0.25) is 0 Å². The summed E-state index contributed by atoms with van der Waals surface area (Å²) in [5.41, 5.74) is 2.12. The summed E-state index contributed by atoms with van der Waals surface area (Å²) in [6.45, 7) is 0. The largest absolute Gasteiger partial charge is 0.143 e. The van der Waals surface area contributed by atoms with E-state index < -0.39 is 0 Å². The van der Waals surface area contributed by atoms with Crippen molar-refractivity contribution in [3.8, 4) is 0 Å². The summed E-state index contributed by atoms with van der Waals surface area (Å²) >= 11 is 9.85. The van der Waals surface area contributed by atoms with E-state index in [1.165, 1.54) is 0 Å². The molecule has 2 rings (SSSR count). The molecule has 0 bridgehead atoms. The number of thiol groups is 1. The predicted octanol–water partition coefficient (Wildman–Crippen LogP) is 4.38. The standard InChI is InChI=1S/C15H12S2/c16-14(12-7-3-1-4-8-12)11-15(17)13-9-5-2-6-10-13/h1-11,16H/b14-11-. The van der Waals surface area contributed by atoms with Crippen molar-refractivity contribution in [1.82, 2.24) is 0 Å². The van der Waals surface area contributed by atoms with Crippen LogP contribution >= 0.6 is 24.8 Å². The molecule has 0 unspecified atom stereocenters. The zero-order valence-corrected chi connectivity index (χ0v) is 10.9. The van der Waals surface area contributed by atoms with Crippen molar-refractivity contribution in [2.24, 2.45) is 0 Å². The Bertz CT molecular complexity index is 527. The van der Waals surface area contributed by atoms with Crippen LogP contribution in [0.25, 0.3) is 4.91 Å². The van der Waals surface area contributed by atoms with Gasteiger partial charge in [0.15, 0.2) is 0 Å². The highest BCUT2D eigenvalue weighted by molar-refractivity contribution is 7.90. The Balaban J connectivity index is 2.24. The number of benzene rings is 2. The Morgan fingerprint density at radius 3 is 1.82 bits per heavy atom. The third-order valence-corrected chi connectivity index (χ3v) is 3.14. The first-order chi connectivity index (χ1) is 8.27. The highest BCUT2D eigenvalue weighted by atomic mass is 32.1. The van der Waals surface area contributed by atoms with Gasteiger partial charge in [-0.3, -0.25) is 0 Å². The molecule has 0 saturated carbocycles. The lowest BCUT2D eigenvalue weighted by molar-refractivity contribution is 1.65. The summed E-state index contributed by atoms with van der Waals surface area (Å²) in [5, 5.41) is 0. The van der Waals surface area contributed by atoms with Crippen molar-refractivity contribution < 1.29 is 0 Å².